The Balaban J connectivity index is 1.68. The Bertz CT molecular complexity index is 794. The number of nitrogens with two attached hydrogens (primary N) is 1. The van der Waals surface area contributed by atoms with Crippen LogP contribution in [0.2, 0.25) is 0 Å². The number of aliphatic hydroxyl groups is 1. The van der Waals surface area contributed by atoms with Crippen molar-refractivity contribution in [3.05, 3.63) is 54.4 Å². The van der Waals surface area contributed by atoms with E-state index in [4.69, 9.17) is 5.73 Å². The van der Waals surface area contributed by atoms with Crippen LogP contribution in [0.15, 0.2) is 53.8 Å². The Morgan fingerprint density at radius 2 is 1.64 bits per heavy atom. The zero-order chi connectivity index (χ0) is 20.2. The van der Waals surface area contributed by atoms with Gasteiger partial charge >= 0.3 is 6.18 Å². The van der Waals surface area contributed by atoms with Crippen molar-refractivity contribution in [1.82, 2.24) is 14.9 Å². The highest BCUT2D eigenvalue weighted by Gasteiger charge is 2.55. The van der Waals surface area contributed by atoms with E-state index in [2.05, 4.69) is 15.0 Å². The van der Waals surface area contributed by atoms with E-state index in [9.17, 15) is 18.3 Å². The van der Waals surface area contributed by atoms with Gasteiger partial charge in [-0.1, -0.05) is 30.3 Å². The maximum Gasteiger partial charge on any atom is 0.423 e. The molecular formula is C18H21F3N6O. The monoisotopic (exact) mass is 394 g/mol. The lowest BCUT2D eigenvalue weighted by Crippen LogP contribution is -2.52. The molecule has 0 aliphatic carbocycles. The van der Waals surface area contributed by atoms with Crippen molar-refractivity contribution in [2.75, 3.05) is 37.6 Å². The lowest BCUT2D eigenvalue weighted by molar-refractivity contribution is -0.261. The van der Waals surface area contributed by atoms with Gasteiger partial charge in [0, 0.05) is 38.6 Å². The molecule has 0 amide bonds. The quantitative estimate of drug-likeness (QED) is 0.601. The summed E-state index contributed by atoms with van der Waals surface area (Å²) in [4.78, 5) is 15.9. The normalized spacial score (nSPS) is 18.1. The number of hydrogen-bond donors (Lipinski definition) is 2. The Hall–Kier alpha value is -2.88. The van der Waals surface area contributed by atoms with E-state index in [1.54, 1.807) is 29.4 Å². The fourth-order valence-electron chi connectivity index (χ4n) is 2.94. The molecule has 0 spiro atoms. The van der Waals surface area contributed by atoms with Crippen LogP contribution in [0.25, 0.3) is 0 Å². The third-order valence-corrected chi connectivity index (χ3v) is 4.63. The van der Waals surface area contributed by atoms with E-state index in [1.807, 2.05) is 4.90 Å². The molecule has 1 aromatic carbocycles. The Morgan fingerprint density at radius 1 is 1.04 bits per heavy atom. The van der Waals surface area contributed by atoms with E-state index in [0.29, 0.717) is 32.1 Å². The van der Waals surface area contributed by atoms with Gasteiger partial charge in [0.1, 0.15) is 0 Å². The van der Waals surface area contributed by atoms with Crippen molar-refractivity contribution in [1.29, 1.82) is 0 Å². The molecule has 1 saturated heterocycles. The van der Waals surface area contributed by atoms with Crippen molar-refractivity contribution in [3.63, 3.8) is 0 Å². The van der Waals surface area contributed by atoms with Gasteiger partial charge in [-0.2, -0.15) is 13.2 Å². The average molecular weight is 394 g/mol. The summed E-state index contributed by atoms with van der Waals surface area (Å²) in [6.07, 6.45) is -1.60. The molecule has 0 saturated carbocycles. The smallest absolute Gasteiger partial charge is 0.375 e. The number of benzene rings is 1. The highest BCUT2D eigenvalue weighted by Crippen LogP contribution is 2.39. The number of hydrogen-bond acceptors (Lipinski definition) is 5. The maximum atomic E-state index is 13.5. The van der Waals surface area contributed by atoms with Crippen LogP contribution in [-0.4, -0.2) is 64.8 Å². The maximum absolute atomic E-state index is 13.5. The number of nitrogens with zero attached hydrogens (tertiary/aromatic N) is 5. The van der Waals surface area contributed by atoms with Gasteiger partial charge in [0.2, 0.25) is 11.5 Å². The van der Waals surface area contributed by atoms with Crippen LogP contribution < -0.4 is 10.6 Å². The number of guanidine groups is 1. The lowest BCUT2D eigenvalue weighted by Gasteiger charge is -2.35. The van der Waals surface area contributed by atoms with Crippen LogP contribution in [0.4, 0.5) is 19.1 Å². The second-order valence-electron chi connectivity index (χ2n) is 6.42. The van der Waals surface area contributed by atoms with Crippen molar-refractivity contribution < 1.29 is 18.3 Å². The van der Waals surface area contributed by atoms with E-state index < -0.39 is 18.3 Å². The van der Waals surface area contributed by atoms with Gasteiger partial charge < -0.3 is 20.6 Å². The molecule has 1 aromatic heterocycles. The molecule has 1 atom stereocenters. The van der Waals surface area contributed by atoms with Crippen LogP contribution in [0.3, 0.4) is 0 Å². The number of alkyl halides is 3. The minimum atomic E-state index is -4.89. The molecule has 1 unspecified atom stereocenters. The zero-order valence-electron chi connectivity index (χ0n) is 15.0. The summed E-state index contributed by atoms with van der Waals surface area (Å²) in [5.74, 6) is 0.556. The summed E-state index contributed by atoms with van der Waals surface area (Å²) in [7, 11) is 0. The molecular weight excluding hydrogens is 373 g/mol. The van der Waals surface area contributed by atoms with Gasteiger partial charge in [0.15, 0.2) is 5.96 Å². The first kappa shape index (κ1) is 19.9. The second kappa shape index (κ2) is 8.01. The molecule has 1 aliphatic rings. The topological polar surface area (TPSA) is 90.9 Å². The molecule has 1 aliphatic heterocycles. The number of halogens is 3. The average Bonchev–Trinajstić information content (AvgIpc) is 2.72. The lowest BCUT2D eigenvalue weighted by atomic mass is 9.93. The molecule has 1 fully saturated rings. The summed E-state index contributed by atoms with van der Waals surface area (Å²) in [5.41, 5.74) is 2.54. The van der Waals surface area contributed by atoms with Gasteiger partial charge in [-0.25, -0.2) is 15.0 Å². The van der Waals surface area contributed by atoms with Crippen LogP contribution in [0.5, 0.6) is 0 Å². The molecule has 7 nitrogen and oxygen atoms in total. The first-order valence-corrected chi connectivity index (χ1v) is 8.73. The first-order chi connectivity index (χ1) is 13.3. The molecule has 0 radical (unpaired) electrons. The molecule has 2 aromatic rings. The fourth-order valence-corrected chi connectivity index (χ4v) is 2.94. The molecule has 150 valence electrons. The van der Waals surface area contributed by atoms with E-state index in [-0.39, 0.29) is 11.5 Å². The minimum absolute atomic E-state index is 0.0350. The van der Waals surface area contributed by atoms with E-state index in [1.165, 1.54) is 24.3 Å². The Kier molecular flexibility index (Phi) is 5.68. The minimum Gasteiger partial charge on any atom is -0.375 e. The summed E-state index contributed by atoms with van der Waals surface area (Å²) in [6, 6.07) is 8.61. The van der Waals surface area contributed by atoms with Crippen molar-refractivity contribution >= 4 is 11.9 Å². The van der Waals surface area contributed by atoms with Gasteiger partial charge in [0.25, 0.3) is 0 Å². The molecule has 0 bridgehead atoms. The molecule has 10 heteroatoms. The number of aliphatic imine (C=N–C) groups is 1. The summed E-state index contributed by atoms with van der Waals surface area (Å²) < 4.78 is 40.6. The van der Waals surface area contributed by atoms with Crippen LogP contribution in [0, 0.1) is 0 Å². The van der Waals surface area contributed by atoms with Gasteiger partial charge in [-0.15, -0.1) is 0 Å². The molecule has 3 N–H and O–H groups in total. The van der Waals surface area contributed by atoms with Gasteiger partial charge in [0.05, 0.1) is 6.54 Å². The van der Waals surface area contributed by atoms with Crippen LogP contribution in [-0.2, 0) is 5.60 Å². The number of rotatable bonds is 4. The Labute approximate surface area is 160 Å². The van der Waals surface area contributed by atoms with E-state index in [0.717, 1.165) is 0 Å². The van der Waals surface area contributed by atoms with Gasteiger partial charge in [-0.05, 0) is 11.6 Å². The van der Waals surface area contributed by atoms with E-state index >= 15 is 0 Å². The fraction of sp³-hybridized carbons (Fsp3) is 0.389. The van der Waals surface area contributed by atoms with Crippen molar-refractivity contribution in [2.24, 2.45) is 10.7 Å². The predicted molar refractivity (Wildman–Crippen MR) is 98.7 cm³/mol. The SMILES string of the molecule is NC(=NCC(O)(c1ccccc1)C(F)(F)F)N1CCN(c2ncccn2)CC1. The van der Waals surface area contributed by atoms with Crippen LogP contribution in [0.1, 0.15) is 5.56 Å². The highest BCUT2D eigenvalue weighted by atomic mass is 19.4. The molecule has 3 rings (SSSR count). The highest BCUT2D eigenvalue weighted by molar-refractivity contribution is 5.78. The predicted octanol–water partition coefficient (Wildman–Crippen LogP) is 1.36. The van der Waals surface area contributed by atoms with Crippen molar-refractivity contribution in [2.45, 2.75) is 11.8 Å². The first-order valence-electron chi connectivity index (χ1n) is 8.73. The van der Waals surface area contributed by atoms with Crippen molar-refractivity contribution in [3.8, 4) is 0 Å². The zero-order valence-corrected chi connectivity index (χ0v) is 15.0. The third kappa shape index (κ3) is 4.16. The Morgan fingerprint density at radius 3 is 2.21 bits per heavy atom. The largest absolute Gasteiger partial charge is 0.423 e. The number of piperazine rings is 1. The summed E-state index contributed by atoms with van der Waals surface area (Å²) in [6.45, 7) is 1.13. The molecule has 28 heavy (non-hydrogen) atoms. The third-order valence-electron chi connectivity index (χ3n) is 4.63. The second-order valence-corrected chi connectivity index (χ2v) is 6.42. The van der Waals surface area contributed by atoms with Crippen LogP contribution >= 0.6 is 0 Å². The summed E-state index contributed by atoms with van der Waals surface area (Å²) in [5, 5.41) is 10.3. The summed E-state index contributed by atoms with van der Waals surface area (Å²) >= 11 is 0. The van der Waals surface area contributed by atoms with Gasteiger partial charge in [-0.3, -0.25) is 0 Å². The standard InChI is InChI=1S/C18H21F3N6O/c19-18(20,21)17(28,14-5-2-1-3-6-14)13-25-15(22)26-9-11-27(12-10-26)16-23-7-4-8-24-16/h1-8,28H,9-13H2,(H2,22,25). The number of anilines is 1. The molecule has 2 heterocycles. The number of aromatic nitrogens is 2.